The summed E-state index contributed by atoms with van der Waals surface area (Å²) in [5.41, 5.74) is 0.308. The molecule has 0 spiro atoms. The summed E-state index contributed by atoms with van der Waals surface area (Å²) in [6.07, 6.45) is 0.605. The molecule has 0 unspecified atom stereocenters. The third kappa shape index (κ3) is 4.86. The van der Waals surface area contributed by atoms with Crippen molar-refractivity contribution in [2.24, 2.45) is 0 Å². The Morgan fingerprint density at radius 1 is 1.03 bits per heavy atom. The molecule has 0 saturated heterocycles. The van der Waals surface area contributed by atoms with Crippen LogP contribution in [0.25, 0.3) is 0 Å². The Morgan fingerprint density at radius 3 is 2.52 bits per heavy atom. The molecular formula is C21H18FN3O4. The van der Waals surface area contributed by atoms with Crippen LogP contribution in [0.5, 0.6) is 17.2 Å². The van der Waals surface area contributed by atoms with Gasteiger partial charge in [-0.3, -0.25) is 15.1 Å². The Balaban J connectivity index is 1.74. The average molecular weight is 395 g/mol. The number of nitrogens with one attached hydrogen (secondary N) is 2. The van der Waals surface area contributed by atoms with Crippen LogP contribution < -0.4 is 20.1 Å². The maximum atomic E-state index is 14.7. The monoisotopic (exact) mass is 395 g/mol. The molecule has 7 nitrogen and oxygen atoms in total. The number of aromatic nitrogens is 1. The van der Waals surface area contributed by atoms with E-state index in [2.05, 4.69) is 15.6 Å². The molecule has 148 valence electrons. The van der Waals surface area contributed by atoms with Gasteiger partial charge in [0.2, 0.25) is 0 Å². The van der Waals surface area contributed by atoms with Gasteiger partial charge in [-0.2, -0.15) is 0 Å². The standard InChI is InChI=1S/C21H18FN3O4/c1-13-18(28-15-10-11-24-17(12-15)20(26)23-2)9-8-16(19(13)22)25-21(27)29-14-6-4-3-5-7-14/h3-12H,1-2H3,(H,23,26)(H,25,27). The van der Waals surface area contributed by atoms with E-state index in [1.807, 2.05) is 0 Å². The second-order valence-electron chi connectivity index (χ2n) is 5.94. The summed E-state index contributed by atoms with van der Waals surface area (Å²) < 4.78 is 25.5. The van der Waals surface area contributed by atoms with Crippen molar-refractivity contribution in [1.29, 1.82) is 0 Å². The third-order valence-electron chi connectivity index (χ3n) is 3.95. The number of benzene rings is 2. The largest absolute Gasteiger partial charge is 0.457 e. The molecule has 0 bridgehead atoms. The lowest BCUT2D eigenvalue weighted by molar-refractivity contribution is 0.0957. The summed E-state index contributed by atoms with van der Waals surface area (Å²) in [5, 5.41) is 4.83. The summed E-state index contributed by atoms with van der Waals surface area (Å²) in [6, 6.07) is 14.3. The number of pyridine rings is 1. The SMILES string of the molecule is CNC(=O)c1cc(Oc2ccc(NC(=O)Oc3ccccc3)c(F)c2C)ccn1. The number of rotatable bonds is 5. The summed E-state index contributed by atoms with van der Waals surface area (Å²) in [5.74, 6) is -0.126. The molecule has 1 aromatic heterocycles. The smallest absolute Gasteiger partial charge is 0.417 e. The van der Waals surface area contributed by atoms with Gasteiger partial charge >= 0.3 is 6.09 Å². The second-order valence-corrected chi connectivity index (χ2v) is 5.94. The molecule has 0 aliphatic rings. The molecular weight excluding hydrogens is 377 g/mol. The average Bonchev–Trinajstić information content (AvgIpc) is 2.74. The maximum absolute atomic E-state index is 14.7. The van der Waals surface area contributed by atoms with E-state index in [1.165, 1.54) is 38.4 Å². The molecule has 0 atom stereocenters. The first kappa shape index (κ1) is 19.8. The zero-order valence-corrected chi connectivity index (χ0v) is 15.7. The van der Waals surface area contributed by atoms with Crippen LogP contribution in [0, 0.1) is 12.7 Å². The molecule has 8 heteroatoms. The minimum atomic E-state index is -0.812. The van der Waals surface area contributed by atoms with Crippen LogP contribution >= 0.6 is 0 Å². The quantitative estimate of drug-likeness (QED) is 0.673. The van der Waals surface area contributed by atoms with Gasteiger partial charge in [0.1, 0.15) is 22.9 Å². The van der Waals surface area contributed by atoms with Gasteiger partial charge in [0, 0.05) is 24.9 Å². The molecule has 0 fully saturated rings. The van der Waals surface area contributed by atoms with Crippen molar-refractivity contribution in [2.75, 3.05) is 12.4 Å². The number of carbonyl (C=O) groups is 2. The molecule has 0 aliphatic heterocycles. The molecule has 2 aromatic carbocycles. The fourth-order valence-corrected chi connectivity index (χ4v) is 2.46. The van der Waals surface area contributed by atoms with Crippen LogP contribution in [-0.4, -0.2) is 24.0 Å². The Labute approximate surface area is 166 Å². The highest BCUT2D eigenvalue weighted by molar-refractivity contribution is 5.92. The first-order chi connectivity index (χ1) is 14.0. The Morgan fingerprint density at radius 2 is 1.79 bits per heavy atom. The van der Waals surface area contributed by atoms with Gasteiger partial charge in [0.05, 0.1) is 5.69 Å². The molecule has 3 rings (SSSR count). The molecule has 3 aromatic rings. The normalized spacial score (nSPS) is 10.2. The van der Waals surface area contributed by atoms with Crippen molar-refractivity contribution < 1.29 is 23.5 Å². The number of hydrogen-bond donors (Lipinski definition) is 2. The van der Waals surface area contributed by atoms with Crippen molar-refractivity contribution in [3.05, 3.63) is 77.9 Å². The highest BCUT2D eigenvalue weighted by Gasteiger charge is 2.15. The first-order valence-corrected chi connectivity index (χ1v) is 8.67. The van der Waals surface area contributed by atoms with E-state index in [-0.39, 0.29) is 28.6 Å². The minimum Gasteiger partial charge on any atom is -0.457 e. The molecule has 2 N–H and O–H groups in total. The van der Waals surface area contributed by atoms with Gasteiger partial charge in [-0.1, -0.05) is 18.2 Å². The van der Waals surface area contributed by atoms with Crippen molar-refractivity contribution in [2.45, 2.75) is 6.92 Å². The summed E-state index contributed by atoms with van der Waals surface area (Å²) in [6.45, 7) is 1.51. The second kappa shape index (κ2) is 8.83. The van der Waals surface area contributed by atoms with Crippen molar-refractivity contribution in [3.8, 4) is 17.2 Å². The summed E-state index contributed by atoms with van der Waals surface area (Å²) in [7, 11) is 1.49. The van der Waals surface area contributed by atoms with Gasteiger partial charge in [-0.05, 0) is 37.3 Å². The van der Waals surface area contributed by atoms with E-state index in [9.17, 15) is 14.0 Å². The van der Waals surface area contributed by atoms with E-state index in [0.29, 0.717) is 11.5 Å². The van der Waals surface area contributed by atoms with Gasteiger partial charge < -0.3 is 14.8 Å². The number of hydrogen-bond acceptors (Lipinski definition) is 5. The Hall–Kier alpha value is -3.94. The van der Waals surface area contributed by atoms with E-state index in [0.717, 1.165) is 0 Å². The molecule has 0 saturated carbocycles. The number of para-hydroxylation sites is 1. The number of ether oxygens (including phenoxy) is 2. The van der Waals surface area contributed by atoms with E-state index < -0.39 is 11.9 Å². The number of anilines is 1. The molecule has 0 aliphatic carbocycles. The third-order valence-corrected chi connectivity index (χ3v) is 3.95. The Bertz CT molecular complexity index is 1040. The molecule has 0 radical (unpaired) electrons. The topological polar surface area (TPSA) is 89.6 Å². The summed E-state index contributed by atoms with van der Waals surface area (Å²) in [4.78, 5) is 27.6. The van der Waals surface area contributed by atoms with Crippen LogP contribution in [0.15, 0.2) is 60.8 Å². The number of halogens is 1. The summed E-state index contributed by atoms with van der Waals surface area (Å²) >= 11 is 0. The molecule has 1 heterocycles. The molecule has 29 heavy (non-hydrogen) atoms. The highest BCUT2D eigenvalue weighted by Crippen LogP contribution is 2.30. The van der Waals surface area contributed by atoms with Crippen LogP contribution in [0.4, 0.5) is 14.9 Å². The zero-order valence-electron chi connectivity index (χ0n) is 15.7. The van der Waals surface area contributed by atoms with Gasteiger partial charge in [-0.15, -0.1) is 0 Å². The van der Waals surface area contributed by atoms with Crippen molar-refractivity contribution in [3.63, 3.8) is 0 Å². The fourth-order valence-electron chi connectivity index (χ4n) is 2.46. The van der Waals surface area contributed by atoms with Crippen molar-refractivity contribution in [1.82, 2.24) is 10.3 Å². The minimum absolute atomic E-state index is 0.0449. The lowest BCUT2D eigenvalue weighted by Crippen LogP contribution is -2.19. The van der Waals surface area contributed by atoms with Crippen LogP contribution in [0.2, 0.25) is 0 Å². The van der Waals surface area contributed by atoms with Gasteiger partial charge in [0.25, 0.3) is 5.91 Å². The predicted molar refractivity (Wildman–Crippen MR) is 105 cm³/mol. The fraction of sp³-hybridized carbons (Fsp3) is 0.0952. The first-order valence-electron chi connectivity index (χ1n) is 8.67. The van der Waals surface area contributed by atoms with Gasteiger partial charge in [0.15, 0.2) is 5.82 Å². The highest BCUT2D eigenvalue weighted by atomic mass is 19.1. The van der Waals surface area contributed by atoms with E-state index in [1.54, 1.807) is 36.4 Å². The van der Waals surface area contributed by atoms with E-state index in [4.69, 9.17) is 9.47 Å². The number of nitrogens with zero attached hydrogens (tertiary/aromatic N) is 1. The Kier molecular flexibility index (Phi) is 6.03. The van der Waals surface area contributed by atoms with Crippen LogP contribution in [-0.2, 0) is 0 Å². The lowest BCUT2D eigenvalue weighted by atomic mass is 10.2. The zero-order chi connectivity index (χ0) is 20.8. The van der Waals surface area contributed by atoms with Crippen molar-refractivity contribution >= 4 is 17.7 Å². The predicted octanol–water partition coefficient (Wildman–Crippen LogP) is 4.29. The maximum Gasteiger partial charge on any atom is 0.417 e. The van der Waals surface area contributed by atoms with Crippen LogP contribution in [0.3, 0.4) is 0 Å². The van der Waals surface area contributed by atoms with Crippen LogP contribution in [0.1, 0.15) is 16.1 Å². The van der Waals surface area contributed by atoms with Gasteiger partial charge in [-0.25, -0.2) is 9.18 Å². The lowest BCUT2D eigenvalue weighted by Gasteiger charge is -2.13. The molecule has 2 amide bonds. The number of amides is 2. The number of carbonyl (C=O) groups excluding carboxylic acids is 2. The van der Waals surface area contributed by atoms with E-state index >= 15 is 0 Å².